The minimum Gasteiger partial charge on any atom is -0.340 e. The SMILES string of the molecule is Cc1cc(Nc2cc3c(cn2)CN(c2cc(NC(=O)c4cccc(C(F)(F)F)c4)ccc2C)C(=O)N3C)cc(C)n1. The van der Waals surface area contributed by atoms with Crippen LogP contribution >= 0.6 is 0 Å². The van der Waals surface area contributed by atoms with Gasteiger partial charge in [-0.1, -0.05) is 12.1 Å². The molecule has 210 valence electrons. The molecule has 0 atom stereocenters. The third-order valence-corrected chi connectivity index (χ3v) is 6.73. The molecule has 3 heterocycles. The van der Waals surface area contributed by atoms with E-state index < -0.39 is 17.6 Å². The molecule has 0 aliphatic carbocycles. The van der Waals surface area contributed by atoms with E-state index in [4.69, 9.17) is 0 Å². The quantitative estimate of drug-likeness (QED) is 0.275. The molecule has 4 aromatic rings. The van der Waals surface area contributed by atoms with Crippen molar-refractivity contribution >= 4 is 40.5 Å². The van der Waals surface area contributed by atoms with Crippen molar-refractivity contribution in [1.82, 2.24) is 9.97 Å². The van der Waals surface area contributed by atoms with Gasteiger partial charge in [-0.2, -0.15) is 13.2 Å². The molecule has 0 radical (unpaired) electrons. The van der Waals surface area contributed by atoms with E-state index in [9.17, 15) is 22.8 Å². The van der Waals surface area contributed by atoms with Crippen molar-refractivity contribution in [2.75, 3.05) is 27.5 Å². The van der Waals surface area contributed by atoms with Gasteiger partial charge in [0.2, 0.25) is 0 Å². The summed E-state index contributed by atoms with van der Waals surface area (Å²) in [6, 6.07) is 14.6. The van der Waals surface area contributed by atoms with Gasteiger partial charge in [-0.05, 0) is 68.8 Å². The molecule has 11 heteroatoms. The Balaban J connectivity index is 1.38. The molecule has 0 saturated heterocycles. The minimum absolute atomic E-state index is 0.128. The fourth-order valence-corrected chi connectivity index (χ4v) is 4.76. The first kappa shape index (κ1) is 27.6. The van der Waals surface area contributed by atoms with Crippen LogP contribution in [0.15, 0.2) is 66.9 Å². The van der Waals surface area contributed by atoms with Crippen molar-refractivity contribution in [2.24, 2.45) is 0 Å². The molecule has 8 nitrogen and oxygen atoms in total. The van der Waals surface area contributed by atoms with Crippen LogP contribution in [0.1, 0.15) is 38.4 Å². The Hall–Kier alpha value is -4.93. The van der Waals surface area contributed by atoms with Crippen LogP contribution in [0.2, 0.25) is 0 Å². The Morgan fingerprint density at radius 2 is 1.66 bits per heavy atom. The van der Waals surface area contributed by atoms with Crippen molar-refractivity contribution < 1.29 is 22.8 Å². The molecule has 41 heavy (non-hydrogen) atoms. The maximum atomic E-state index is 13.5. The summed E-state index contributed by atoms with van der Waals surface area (Å²) in [5.74, 6) is -0.112. The maximum Gasteiger partial charge on any atom is 0.416 e. The molecule has 2 aromatic heterocycles. The zero-order chi connectivity index (χ0) is 29.5. The Kier molecular flexibility index (Phi) is 7.12. The van der Waals surface area contributed by atoms with E-state index in [0.29, 0.717) is 22.9 Å². The number of hydrogen-bond donors (Lipinski definition) is 2. The lowest BCUT2D eigenvalue weighted by atomic mass is 10.1. The molecule has 0 bridgehead atoms. The summed E-state index contributed by atoms with van der Waals surface area (Å²) in [6.45, 7) is 5.89. The number of pyridine rings is 2. The fraction of sp³-hybridized carbons (Fsp3) is 0.200. The van der Waals surface area contributed by atoms with E-state index in [1.165, 1.54) is 17.0 Å². The number of amides is 3. The van der Waals surface area contributed by atoms with Crippen LogP contribution in [0.25, 0.3) is 0 Å². The lowest BCUT2D eigenvalue weighted by Crippen LogP contribution is -2.45. The zero-order valence-electron chi connectivity index (χ0n) is 22.8. The summed E-state index contributed by atoms with van der Waals surface area (Å²) in [4.78, 5) is 38.3. The molecular formula is C30H27F3N6O2. The number of anilines is 5. The van der Waals surface area contributed by atoms with Crippen molar-refractivity contribution in [3.8, 4) is 0 Å². The topological polar surface area (TPSA) is 90.5 Å². The van der Waals surface area contributed by atoms with E-state index in [1.807, 2.05) is 39.0 Å². The average molecular weight is 561 g/mol. The highest BCUT2D eigenvalue weighted by molar-refractivity contribution is 6.08. The van der Waals surface area contributed by atoms with Gasteiger partial charge in [0, 0.05) is 53.2 Å². The normalized spacial score (nSPS) is 13.2. The average Bonchev–Trinajstić information content (AvgIpc) is 2.91. The number of halogens is 3. The van der Waals surface area contributed by atoms with Gasteiger partial charge < -0.3 is 10.6 Å². The number of aryl methyl sites for hydroxylation is 3. The van der Waals surface area contributed by atoms with E-state index in [0.717, 1.165) is 40.3 Å². The molecule has 0 spiro atoms. The Bertz CT molecular complexity index is 1650. The van der Waals surface area contributed by atoms with Crippen molar-refractivity contribution in [2.45, 2.75) is 33.5 Å². The lowest BCUT2D eigenvalue weighted by molar-refractivity contribution is -0.137. The van der Waals surface area contributed by atoms with Crippen molar-refractivity contribution in [1.29, 1.82) is 0 Å². The predicted octanol–water partition coefficient (Wildman–Crippen LogP) is 6.99. The van der Waals surface area contributed by atoms with Gasteiger partial charge in [0.1, 0.15) is 5.82 Å². The lowest BCUT2D eigenvalue weighted by Gasteiger charge is -2.36. The number of benzene rings is 2. The maximum absolute atomic E-state index is 13.5. The highest BCUT2D eigenvalue weighted by Crippen LogP contribution is 2.35. The minimum atomic E-state index is -4.56. The summed E-state index contributed by atoms with van der Waals surface area (Å²) in [6.07, 6.45) is -2.85. The van der Waals surface area contributed by atoms with Crippen LogP contribution in [0.5, 0.6) is 0 Å². The van der Waals surface area contributed by atoms with Crippen LogP contribution in [0.4, 0.5) is 46.5 Å². The Morgan fingerprint density at radius 3 is 2.37 bits per heavy atom. The molecule has 3 amide bonds. The molecule has 0 unspecified atom stereocenters. The fourth-order valence-electron chi connectivity index (χ4n) is 4.76. The van der Waals surface area contributed by atoms with Crippen LogP contribution < -0.4 is 20.4 Å². The standard InChI is InChI=1S/C30H27F3N6O2/c1-17-8-9-23(37-28(40)20-6-5-7-22(12-20)30(31,32)33)13-25(17)39-16-21-15-34-27(14-26(21)38(4)29(39)41)36-24-10-18(2)35-19(3)11-24/h5-15H,16H2,1-4H3,(H,37,40)(H,34,35,36). The first-order valence-corrected chi connectivity index (χ1v) is 12.7. The molecule has 2 N–H and O–H groups in total. The summed E-state index contributed by atoms with van der Waals surface area (Å²) < 4.78 is 39.3. The summed E-state index contributed by atoms with van der Waals surface area (Å²) in [5, 5.41) is 5.91. The van der Waals surface area contributed by atoms with Gasteiger partial charge in [-0.25, -0.2) is 9.78 Å². The molecule has 0 saturated carbocycles. The van der Waals surface area contributed by atoms with Gasteiger partial charge in [-0.3, -0.25) is 19.6 Å². The number of rotatable bonds is 5. The smallest absolute Gasteiger partial charge is 0.340 e. The third kappa shape index (κ3) is 5.84. The van der Waals surface area contributed by atoms with Crippen LogP contribution in [0, 0.1) is 20.8 Å². The molecule has 1 aliphatic rings. The van der Waals surface area contributed by atoms with E-state index in [2.05, 4.69) is 20.6 Å². The van der Waals surface area contributed by atoms with Crippen LogP contribution in [-0.2, 0) is 12.7 Å². The van der Waals surface area contributed by atoms with E-state index >= 15 is 0 Å². The third-order valence-electron chi connectivity index (χ3n) is 6.73. The zero-order valence-corrected chi connectivity index (χ0v) is 22.8. The number of aromatic nitrogens is 2. The number of fused-ring (bicyclic) bond motifs is 1. The number of carbonyl (C=O) groups excluding carboxylic acids is 2. The first-order valence-electron chi connectivity index (χ1n) is 12.7. The number of urea groups is 1. The number of nitrogens with one attached hydrogen (secondary N) is 2. The first-order chi connectivity index (χ1) is 19.4. The Labute approximate surface area is 234 Å². The largest absolute Gasteiger partial charge is 0.416 e. The number of nitrogens with zero attached hydrogens (tertiary/aromatic N) is 4. The predicted molar refractivity (Wildman–Crippen MR) is 152 cm³/mol. The summed E-state index contributed by atoms with van der Waals surface area (Å²) in [7, 11) is 1.67. The molecule has 1 aliphatic heterocycles. The monoisotopic (exact) mass is 560 g/mol. The van der Waals surface area contributed by atoms with Gasteiger partial charge in [0.25, 0.3) is 5.91 Å². The molecular weight excluding hydrogens is 533 g/mol. The number of hydrogen-bond acceptors (Lipinski definition) is 5. The Morgan fingerprint density at radius 1 is 0.927 bits per heavy atom. The second-order valence-electron chi connectivity index (χ2n) is 9.92. The van der Waals surface area contributed by atoms with Crippen molar-refractivity contribution in [3.05, 3.63) is 101 Å². The van der Waals surface area contributed by atoms with E-state index in [-0.39, 0.29) is 18.1 Å². The van der Waals surface area contributed by atoms with E-state index in [1.54, 1.807) is 36.3 Å². The van der Waals surface area contributed by atoms with Gasteiger partial charge in [-0.15, -0.1) is 0 Å². The van der Waals surface area contributed by atoms with Crippen LogP contribution in [0.3, 0.4) is 0 Å². The van der Waals surface area contributed by atoms with Crippen molar-refractivity contribution in [3.63, 3.8) is 0 Å². The summed E-state index contributed by atoms with van der Waals surface area (Å²) >= 11 is 0. The highest BCUT2D eigenvalue weighted by Gasteiger charge is 2.32. The van der Waals surface area contributed by atoms with Gasteiger partial charge in [0.05, 0.1) is 23.5 Å². The second kappa shape index (κ2) is 10.6. The van der Waals surface area contributed by atoms with Crippen LogP contribution in [-0.4, -0.2) is 29.0 Å². The second-order valence-corrected chi connectivity index (χ2v) is 9.92. The van der Waals surface area contributed by atoms with Gasteiger partial charge >= 0.3 is 12.2 Å². The highest BCUT2D eigenvalue weighted by atomic mass is 19.4. The number of alkyl halides is 3. The number of carbonyl (C=O) groups is 2. The van der Waals surface area contributed by atoms with Gasteiger partial charge in [0.15, 0.2) is 0 Å². The molecule has 5 rings (SSSR count). The molecule has 0 fully saturated rings. The summed E-state index contributed by atoms with van der Waals surface area (Å²) in [5.41, 5.74) is 4.75. The molecule has 2 aromatic carbocycles.